The monoisotopic (exact) mass is 255 g/mol. The van der Waals surface area contributed by atoms with Gasteiger partial charge in [0.05, 0.1) is 11.7 Å². The van der Waals surface area contributed by atoms with E-state index in [1.807, 2.05) is 30.3 Å². The molecule has 0 aromatic heterocycles. The summed E-state index contributed by atoms with van der Waals surface area (Å²) in [6.45, 7) is 3.64. The molecule has 0 aliphatic heterocycles. The summed E-state index contributed by atoms with van der Waals surface area (Å²) >= 11 is 0. The molecule has 3 heteroatoms. The van der Waals surface area contributed by atoms with Gasteiger partial charge in [-0.3, -0.25) is 4.79 Å². The maximum atomic E-state index is 12.4. The summed E-state index contributed by atoms with van der Waals surface area (Å²) in [7, 11) is 0. The van der Waals surface area contributed by atoms with E-state index in [4.69, 9.17) is 0 Å². The molecular weight excluding hydrogens is 238 g/mol. The molecule has 3 nitrogen and oxygen atoms in total. The molecule has 98 valence electrons. The zero-order valence-corrected chi connectivity index (χ0v) is 10.6. The first kappa shape index (κ1) is 12.0. The predicted octanol–water partition coefficient (Wildman–Crippen LogP) is 3.14. The lowest BCUT2D eigenvalue weighted by Crippen LogP contribution is -2.33. The fourth-order valence-corrected chi connectivity index (χ4v) is 3.38. The van der Waals surface area contributed by atoms with Crippen LogP contribution < -0.4 is 5.32 Å². The number of anilines is 1. The van der Waals surface area contributed by atoms with Crippen molar-refractivity contribution in [1.29, 1.82) is 0 Å². The molecular formula is C16H17NO2. The zero-order valence-electron chi connectivity index (χ0n) is 10.6. The molecule has 4 atom stereocenters. The molecule has 1 fully saturated rings. The number of rotatable bonds is 3. The first-order valence-electron chi connectivity index (χ1n) is 6.59. The average Bonchev–Trinajstić information content (AvgIpc) is 2.99. The van der Waals surface area contributed by atoms with Crippen LogP contribution in [0.4, 0.5) is 5.69 Å². The minimum atomic E-state index is -0.201. The van der Waals surface area contributed by atoms with Crippen LogP contribution in [0.3, 0.4) is 0 Å². The van der Waals surface area contributed by atoms with Gasteiger partial charge in [0.1, 0.15) is 0 Å². The number of para-hydroxylation sites is 1. The van der Waals surface area contributed by atoms with Crippen molar-refractivity contribution in [3.05, 3.63) is 54.8 Å². The first-order chi connectivity index (χ1) is 9.16. The van der Waals surface area contributed by atoms with Crippen LogP contribution in [0.25, 0.3) is 0 Å². The molecule has 1 aromatic carbocycles. The Hall–Kier alpha value is -2.03. The molecule has 1 aromatic rings. The maximum absolute atomic E-state index is 12.4. The summed E-state index contributed by atoms with van der Waals surface area (Å²) in [5.41, 5.74) is 0.793. The van der Waals surface area contributed by atoms with Crippen molar-refractivity contribution in [2.24, 2.45) is 23.7 Å². The Morgan fingerprint density at radius 2 is 1.79 bits per heavy atom. The van der Waals surface area contributed by atoms with Crippen LogP contribution in [-0.2, 0) is 4.79 Å². The zero-order chi connectivity index (χ0) is 13.4. The van der Waals surface area contributed by atoms with Gasteiger partial charge in [-0.2, -0.15) is 0 Å². The number of aliphatic hydroxyl groups is 1. The van der Waals surface area contributed by atoms with Crippen LogP contribution in [0, 0.1) is 23.7 Å². The Kier molecular flexibility index (Phi) is 2.90. The number of carbonyl (C=O) groups excluding carboxylic acids is 1. The number of fused-ring (bicyclic) bond motifs is 2. The summed E-state index contributed by atoms with van der Waals surface area (Å²) in [5.74, 6) is 0.247. The summed E-state index contributed by atoms with van der Waals surface area (Å²) < 4.78 is 0. The van der Waals surface area contributed by atoms with Crippen molar-refractivity contribution in [3.8, 4) is 0 Å². The minimum Gasteiger partial charge on any atom is -0.513 e. The van der Waals surface area contributed by atoms with E-state index in [9.17, 15) is 9.90 Å². The van der Waals surface area contributed by atoms with Crippen molar-refractivity contribution in [2.75, 3.05) is 5.32 Å². The number of allylic oxidation sites excluding steroid dienone is 3. The molecule has 0 saturated heterocycles. The SMILES string of the molecule is C=C(O)C1C2C=CC(C2)C1C(=O)Nc1ccccc1. The van der Waals surface area contributed by atoms with Crippen molar-refractivity contribution < 1.29 is 9.90 Å². The fraction of sp³-hybridized carbons (Fsp3) is 0.312. The maximum Gasteiger partial charge on any atom is 0.228 e. The lowest BCUT2D eigenvalue weighted by molar-refractivity contribution is -0.121. The third-order valence-electron chi connectivity index (χ3n) is 4.19. The Labute approximate surface area is 112 Å². The Morgan fingerprint density at radius 1 is 1.16 bits per heavy atom. The highest BCUT2D eigenvalue weighted by Crippen LogP contribution is 2.50. The van der Waals surface area contributed by atoms with Gasteiger partial charge in [-0.05, 0) is 30.4 Å². The van der Waals surface area contributed by atoms with Gasteiger partial charge in [0.25, 0.3) is 0 Å². The van der Waals surface area contributed by atoms with Gasteiger partial charge in [0.15, 0.2) is 0 Å². The third kappa shape index (κ3) is 2.05. The van der Waals surface area contributed by atoms with Crippen LogP contribution in [0.5, 0.6) is 0 Å². The summed E-state index contributed by atoms with van der Waals surface area (Å²) in [6.07, 6.45) is 5.14. The van der Waals surface area contributed by atoms with Gasteiger partial charge in [-0.25, -0.2) is 0 Å². The van der Waals surface area contributed by atoms with E-state index in [1.54, 1.807) is 0 Å². The molecule has 2 bridgehead atoms. The van der Waals surface area contributed by atoms with E-state index >= 15 is 0 Å². The number of benzene rings is 1. The topological polar surface area (TPSA) is 49.3 Å². The van der Waals surface area contributed by atoms with Gasteiger partial charge in [-0.15, -0.1) is 0 Å². The molecule has 2 aliphatic rings. The van der Waals surface area contributed by atoms with Crippen LogP contribution in [0.1, 0.15) is 6.42 Å². The Morgan fingerprint density at radius 3 is 2.42 bits per heavy atom. The lowest BCUT2D eigenvalue weighted by atomic mass is 9.81. The molecule has 0 heterocycles. The molecule has 0 spiro atoms. The summed E-state index contributed by atoms with van der Waals surface area (Å²) in [4.78, 5) is 12.4. The Balaban J connectivity index is 1.79. The van der Waals surface area contributed by atoms with Crippen LogP contribution in [0.15, 0.2) is 54.8 Å². The molecule has 1 saturated carbocycles. The van der Waals surface area contributed by atoms with Crippen LogP contribution in [-0.4, -0.2) is 11.0 Å². The molecule has 2 N–H and O–H groups in total. The van der Waals surface area contributed by atoms with Gasteiger partial charge in [-0.1, -0.05) is 36.9 Å². The molecule has 3 rings (SSSR count). The second kappa shape index (κ2) is 4.57. The highest BCUT2D eigenvalue weighted by Gasteiger charge is 2.49. The molecule has 19 heavy (non-hydrogen) atoms. The molecule has 1 amide bonds. The Bertz CT molecular complexity index is 535. The number of hydrogen-bond acceptors (Lipinski definition) is 2. The normalized spacial score (nSPS) is 31.4. The lowest BCUT2D eigenvalue weighted by Gasteiger charge is -2.26. The summed E-state index contributed by atoms with van der Waals surface area (Å²) in [6, 6.07) is 9.42. The largest absolute Gasteiger partial charge is 0.513 e. The van der Waals surface area contributed by atoms with E-state index in [1.165, 1.54) is 0 Å². The average molecular weight is 255 g/mol. The van der Waals surface area contributed by atoms with E-state index in [0.29, 0.717) is 0 Å². The van der Waals surface area contributed by atoms with Crippen molar-refractivity contribution in [1.82, 2.24) is 0 Å². The second-order valence-electron chi connectivity index (χ2n) is 5.35. The van der Waals surface area contributed by atoms with Gasteiger partial charge >= 0.3 is 0 Å². The number of hydrogen-bond donors (Lipinski definition) is 2. The number of nitrogens with one attached hydrogen (secondary N) is 1. The van der Waals surface area contributed by atoms with Crippen molar-refractivity contribution in [3.63, 3.8) is 0 Å². The van der Waals surface area contributed by atoms with Crippen LogP contribution in [0.2, 0.25) is 0 Å². The molecule has 0 radical (unpaired) electrons. The summed E-state index contributed by atoms with van der Waals surface area (Å²) in [5, 5.41) is 12.7. The van der Waals surface area contributed by atoms with Gasteiger partial charge < -0.3 is 10.4 Å². The van der Waals surface area contributed by atoms with Crippen LogP contribution >= 0.6 is 0 Å². The standard InChI is InChI=1S/C16H17NO2/c1-10(18)14-11-7-8-12(9-11)15(14)16(19)17-13-5-3-2-4-6-13/h2-8,11-12,14-15,18H,1,9H2,(H,17,19). The number of aliphatic hydroxyl groups excluding tert-OH is 1. The third-order valence-corrected chi connectivity index (χ3v) is 4.19. The second-order valence-corrected chi connectivity index (χ2v) is 5.35. The minimum absolute atomic E-state index is 0.0248. The molecule has 4 unspecified atom stereocenters. The smallest absolute Gasteiger partial charge is 0.228 e. The van der Waals surface area contributed by atoms with Crippen molar-refractivity contribution in [2.45, 2.75) is 6.42 Å². The highest BCUT2D eigenvalue weighted by atomic mass is 16.3. The van der Waals surface area contributed by atoms with E-state index in [-0.39, 0.29) is 35.3 Å². The van der Waals surface area contributed by atoms with Crippen molar-refractivity contribution >= 4 is 11.6 Å². The van der Waals surface area contributed by atoms with Gasteiger partial charge in [0.2, 0.25) is 5.91 Å². The molecule has 2 aliphatic carbocycles. The fourth-order valence-electron chi connectivity index (χ4n) is 3.38. The number of amides is 1. The van der Waals surface area contributed by atoms with Gasteiger partial charge in [0, 0.05) is 11.6 Å². The number of carbonyl (C=O) groups is 1. The first-order valence-corrected chi connectivity index (χ1v) is 6.59. The predicted molar refractivity (Wildman–Crippen MR) is 74.6 cm³/mol. The van der Waals surface area contributed by atoms with E-state index in [2.05, 4.69) is 24.0 Å². The van der Waals surface area contributed by atoms with E-state index < -0.39 is 0 Å². The highest BCUT2D eigenvalue weighted by molar-refractivity contribution is 5.93. The van der Waals surface area contributed by atoms with E-state index in [0.717, 1.165) is 12.1 Å². The quantitative estimate of drug-likeness (QED) is 0.644.